The van der Waals surface area contributed by atoms with Crippen molar-refractivity contribution < 1.29 is 13.2 Å². The van der Waals surface area contributed by atoms with Gasteiger partial charge in [-0.2, -0.15) is 0 Å². The molecule has 0 bridgehead atoms. The van der Waals surface area contributed by atoms with Crippen molar-refractivity contribution in [2.24, 2.45) is 0 Å². The molecule has 3 aromatic rings. The summed E-state index contributed by atoms with van der Waals surface area (Å²) in [4.78, 5) is 14.8. The summed E-state index contributed by atoms with van der Waals surface area (Å²) < 4.78 is 27.6. The Labute approximate surface area is 175 Å². The third-order valence-electron chi connectivity index (χ3n) is 4.90. The number of carbonyl (C=O) groups is 1. The van der Waals surface area contributed by atoms with Crippen molar-refractivity contribution in [1.82, 2.24) is 4.72 Å². The van der Waals surface area contributed by atoms with Crippen LogP contribution >= 0.6 is 11.6 Å². The van der Waals surface area contributed by atoms with Gasteiger partial charge in [-0.1, -0.05) is 41.9 Å². The lowest BCUT2D eigenvalue weighted by Gasteiger charge is -2.18. The lowest BCUT2D eigenvalue weighted by atomic mass is 10.1. The van der Waals surface area contributed by atoms with Gasteiger partial charge in [-0.25, -0.2) is 13.1 Å². The highest BCUT2D eigenvalue weighted by Gasteiger charge is 2.26. The summed E-state index contributed by atoms with van der Waals surface area (Å²) in [6, 6.07) is 20.9. The summed E-state index contributed by atoms with van der Waals surface area (Å²) in [5.74, 6) is -0.0526. The smallest absolute Gasteiger partial charge is 0.258 e. The molecule has 5 nitrogen and oxygen atoms in total. The van der Waals surface area contributed by atoms with E-state index in [1.54, 1.807) is 29.2 Å². The molecule has 0 atom stereocenters. The number of hydrogen-bond acceptors (Lipinski definition) is 3. The van der Waals surface area contributed by atoms with Gasteiger partial charge in [-0.3, -0.25) is 4.79 Å². The number of nitrogens with one attached hydrogen (secondary N) is 1. The predicted molar refractivity (Wildman–Crippen MR) is 114 cm³/mol. The molecule has 1 aliphatic heterocycles. The molecule has 0 aliphatic carbocycles. The van der Waals surface area contributed by atoms with Gasteiger partial charge < -0.3 is 4.90 Å². The average Bonchev–Trinajstić information content (AvgIpc) is 3.16. The first-order valence-corrected chi connectivity index (χ1v) is 11.0. The Morgan fingerprint density at radius 3 is 2.45 bits per heavy atom. The molecule has 0 spiro atoms. The van der Waals surface area contributed by atoms with Crippen molar-refractivity contribution in [3.05, 3.63) is 94.5 Å². The average molecular weight is 427 g/mol. The number of fused-ring (bicyclic) bond motifs is 1. The van der Waals surface area contributed by atoms with Gasteiger partial charge in [0.1, 0.15) is 0 Å². The van der Waals surface area contributed by atoms with E-state index in [4.69, 9.17) is 11.6 Å². The number of benzene rings is 3. The summed E-state index contributed by atoms with van der Waals surface area (Å²) >= 11 is 5.82. The van der Waals surface area contributed by atoms with Crippen molar-refractivity contribution in [2.75, 3.05) is 11.4 Å². The molecule has 1 aliphatic rings. The molecule has 0 fully saturated rings. The Morgan fingerprint density at radius 2 is 1.72 bits per heavy atom. The molecule has 148 valence electrons. The van der Waals surface area contributed by atoms with E-state index in [9.17, 15) is 13.2 Å². The second kappa shape index (κ2) is 7.99. The second-order valence-electron chi connectivity index (χ2n) is 6.81. The minimum absolute atomic E-state index is 0.0526. The normalized spacial score (nSPS) is 13.3. The van der Waals surface area contributed by atoms with Crippen LogP contribution < -0.4 is 9.62 Å². The van der Waals surface area contributed by atoms with Gasteiger partial charge in [0.25, 0.3) is 5.91 Å². The van der Waals surface area contributed by atoms with E-state index < -0.39 is 10.0 Å². The number of nitrogens with zero attached hydrogens (tertiary/aromatic N) is 1. The zero-order chi connectivity index (χ0) is 20.4. The lowest BCUT2D eigenvalue weighted by molar-refractivity contribution is 0.0989. The molecule has 0 saturated heterocycles. The van der Waals surface area contributed by atoms with Crippen molar-refractivity contribution in [2.45, 2.75) is 17.9 Å². The molecule has 3 aromatic carbocycles. The van der Waals surface area contributed by atoms with Gasteiger partial charge in [0.2, 0.25) is 10.0 Å². The van der Waals surface area contributed by atoms with Gasteiger partial charge in [-0.05, 0) is 60.0 Å². The molecule has 1 heterocycles. The molecular weight excluding hydrogens is 408 g/mol. The minimum Gasteiger partial charge on any atom is -0.308 e. The van der Waals surface area contributed by atoms with Gasteiger partial charge in [0.05, 0.1) is 4.90 Å². The number of amides is 1. The fourth-order valence-corrected chi connectivity index (χ4v) is 4.50. The maximum atomic E-state index is 12.9. The first-order valence-electron chi connectivity index (χ1n) is 9.18. The summed E-state index contributed by atoms with van der Waals surface area (Å²) in [5.41, 5.74) is 3.34. The van der Waals surface area contributed by atoms with Crippen LogP contribution in [-0.2, 0) is 23.0 Å². The van der Waals surface area contributed by atoms with E-state index >= 15 is 0 Å². The van der Waals surface area contributed by atoms with Gasteiger partial charge in [0, 0.05) is 29.4 Å². The Kier molecular flexibility index (Phi) is 5.41. The maximum Gasteiger partial charge on any atom is 0.258 e. The van der Waals surface area contributed by atoms with Crippen LogP contribution in [0.1, 0.15) is 21.5 Å². The van der Waals surface area contributed by atoms with Crippen molar-refractivity contribution in [3.63, 3.8) is 0 Å². The topological polar surface area (TPSA) is 66.5 Å². The van der Waals surface area contributed by atoms with Crippen molar-refractivity contribution >= 4 is 33.2 Å². The fraction of sp³-hybridized carbons (Fsp3) is 0.136. The highest BCUT2D eigenvalue weighted by Crippen LogP contribution is 2.30. The van der Waals surface area contributed by atoms with Gasteiger partial charge in [-0.15, -0.1) is 0 Å². The molecule has 4 rings (SSSR count). The molecule has 29 heavy (non-hydrogen) atoms. The monoisotopic (exact) mass is 426 g/mol. The van der Waals surface area contributed by atoms with E-state index in [0.29, 0.717) is 17.1 Å². The highest BCUT2D eigenvalue weighted by molar-refractivity contribution is 7.89. The molecule has 0 unspecified atom stereocenters. The van der Waals surface area contributed by atoms with Crippen LogP contribution in [0.3, 0.4) is 0 Å². The molecule has 0 saturated carbocycles. The standard InChI is InChI=1S/C22H19ClN2O3S/c23-19-8-10-20(11-9-19)29(27,28)24-15-16-6-7-17-12-13-25(21(17)14-16)22(26)18-4-2-1-3-5-18/h1-11,14,24H,12-13,15H2. The Hall–Kier alpha value is -2.67. The zero-order valence-corrected chi connectivity index (χ0v) is 17.1. The van der Waals surface area contributed by atoms with E-state index in [0.717, 1.165) is 23.2 Å². The van der Waals surface area contributed by atoms with E-state index in [2.05, 4.69) is 4.72 Å². The second-order valence-corrected chi connectivity index (χ2v) is 9.02. The fourth-order valence-electron chi connectivity index (χ4n) is 3.36. The minimum atomic E-state index is -3.65. The summed E-state index contributed by atoms with van der Waals surface area (Å²) in [5, 5.41) is 0.478. The van der Waals surface area contributed by atoms with Crippen LogP contribution in [0, 0.1) is 0 Å². The van der Waals surface area contributed by atoms with Gasteiger partial charge >= 0.3 is 0 Å². The maximum absolute atomic E-state index is 12.9. The summed E-state index contributed by atoms with van der Waals surface area (Å²) in [6.07, 6.45) is 0.782. The molecule has 1 amide bonds. The molecule has 0 aromatic heterocycles. The first-order chi connectivity index (χ1) is 13.9. The number of halogens is 1. The number of carbonyl (C=O) groups excluding carboxylic acids is 1. The Bertz CT molecular complexity index is 1150. The van der Waals surface area contributed by atoms with E-state index in [1.807, 2.05) is 36.4 Å². The number of rotatable bonds is 5. The SMILES string of the molecule is O=C(c1ccccc1)N1CCc2ccc(CNS(=O)(=O)c3ccc(Cl)cc3)cc21. The lowest BCUT2D eigenvalue weighted by Crippen LogP contribution is -2.29. The van der Waals surface area contributed by atoms with Crippen LogP contribution in [-0.4, -0.2) is 20.9 Å². The highest BCUT2D eigenvalue weighted by atomic mass is 35.5. The van der Waals surface area contributed by atoms with Crippen LogP contribution in [0.15, 0.2) is 77.7 Å². The van der Waals surface area contributed by atoms with Crippen molar-refractivity contribution in [1.29, 1.82) is 0 Å². The molecule has 7 heteroatoms. The third kappa shape index (κ3) is 4.19. The summed E-state index contributed by atoms with van der Waals surface area (Å²) in [7, 11) is -3.65. The summed E-state index contributed by atoms with van der Waals surface area (Å²) in [6.45, 7) is 0.745. The predicted octanol–water partition coefficient (Wildman–Crippen LogP) is 4.02. The van der Waals surface area contributed by atoms with E-state index in [-0.39, 0.29) is 17.3 Å². The molecular formula is C22H19ClN2O3S. The molecule has 1 N–H and O–H groups in total. The van der Waals surface area contributed by atoms with Crippen molar-refractivity contribution in [3.8, 4) is 0 Å². The number of hydrogen-bond donors (Lipinski definition) is 1. The van der Waals surface area contributed by atoms with Crippen LogP contribution in [0.5, 0.6) is 0 Å². The Balaban J connectivity index is 1.52. The number of sulfonamides is 1. The van der Waals surface area contributed by atoms with Crippen LogP contribution in [0.25, 0.3) is 0 Å². The van der Waals surface area contributed by atoms with Crippen LogP contribution in [0.2, 0.25) is 5.02 Å². The number of anilines is 1. The zero-order valence-electron chi connectivity index (χ0n) is 15.5. The first kappa shape index (κ1) is 19.6. The molecule has 0 radical (unpaired) electrons. The third-order valence-corrected chi connectivity index (χ3v) is 6.57. The largest absolute Gasteiger partial charge is 0.308 e. The van der Waals surface area contributed by atoms with Gasteiger partial charge in [0.15, 0.2) is 0 Å². The Morgan fingerprint density at radius 1 is 1.00 bits per heavy atom. The quantitative estimate of drug-likeness (QED) is 0.670. The van der Waals surface area contributed by atoms with Crippen LogP contribution in [0.4, 0.5) is 5.69 Å². The van der Waals surface area contributed by atoms with E-state index in [1.165, 1.54) is 12.1 Å².